The van der Waals surface area contributed by atoms with Crippen LogP contribution in [-0.2, 0) is 27.7 Å². The first kappa shape index (κ1) is 19.0. The van der Waals surface area contributed by atoms with Crippen LogP contribution in [0.3, 0.4) is 0 Å². The molecule has 0 aromatic heterocycles. The predicted octanol–water partition coefficient (Wildman–Crippen LogP) is 2.61. The predicted molar refractivity (Wildman–Crippen MR) is 107 cm³/mol. The number of methoxy groups -OCH3 is 1. The van der Waals surface area contributed by atoms with E-state index in [0.29, 0.717) is 13.0 Å². The van der Waals surface area contributed by atoms with Gasteiger partial charge in [-0.1, -0.05) is 12.1 Å². The van der Waals surface area contributed by atoms with Crippen molar-refractivity contribution in [3.05, 3.63) is 53.1 Å². The largest absolute Gasteiger partial charge is 0.497 e. The summed E-state index contributed by atoms with van der Waals surface area (Å²) >= 11 is 0. The summed E-state index contributed by atoms with van der Waals surface area (Å²) in [5, 5.41) is 0. The van der Waals surface area contributed by atoms with Crippen molar-refractivity contribution in [3.8, 4) is 5.75 Å². The Morgan fingerprint density at radius 2 is 1.96 bits per heavy atom. The molecule has 1 atom stereocenters. The van der Waals surface area contributed by atoms with Gasteiger partial charge in [-0.05, 0) is 67.1 Å². The Morgan fingerprint density at radius 3 is 2.68 bits per heavy atom. The van der Waals surface area contributed by atoms with Crippen LogP contribution in [0.4, 0.5) is 5.69 Å². The fourth-order valence-electron chi connectivity index (χ4n) is 4.03. The molecular weight excluding hydrogens is 376 g/mol. The molecule has 4 rings (SSSR count). The van der Waals surface area contributed by atoms with Crippen LogP contribution in [0, 0.1) is 0 Å². The minimum Gasteiger partial charge on any atom is -0.497 e. The molecule has 7 heteroatoms. The molecule has 1 N–H and O–H groups in total. The van der Waals surface area contributed by atoms with Crippen LogP contribution < -0.4 is 14.4 Å². The highest BCUT2D eigenvalue weighted by Crippen LogP contribution is 2.43. The van der Waals surface area contributed by atoms with Crippen LogP contribution >= 0.6 is 0 Å². The van der Waals surface area contributed by atoms with Gasteiger partial charge < -0.3 is 9.64 Å². The van der Waals surface area contributed by atoms with Crippen molar-refractivity contribution in [2.24, 2.45) is 0 Å². The Labute approximate surface area is 165 Å². The van der Waals surface area contributed by atoms with Gasteiger partial charge in [0.25, 0.3) is 0 Å². The lowest BCUT2D eigenvalue weighted by atomic mass is 9.97. The standard InChI is InChI=1S/C21H24N2O4S/c1-14-19-13-18(12-16-4-3-11-23(20(16)19)21(14)24)28(25,26)22-10-9-15-5-7-17(27-2)8-6-15/h5-8,12-14,22H,3-4,9-11H2,1-2H3/t14-/m0/s1. The maximum absolute atomic E-state index is 12.8. The van der Waals surface area contributed by atoms with E-state index >= 15 is 0 Å². The average Bonchev–Trinajstić information content (AvgIpc) is 2.95. The third kappa shape index (κ3) is 3.29. The minimum atomic E-state index is -3.64. The second-order valence-electron chi connectivity index (χ2n) is 7.33. The Hall–Kier alpha value is -2.38. The van der Waals surface area contributed by atoms with Gasteiger partial charge >= 0.3 is 0 Å². The molecule has 1 amide bonds. The summed E-state index contributed by atoms with van der Waals surface area (Å²) in [5.41, 5.74) is 3.75. The first-order valence-electron chi connectivity index (χ1n) is 9.51. The maximum atomic E-state index is 12.8. The molecule has 0 bridgehead atoms. The summed E-state index contributed by atoms with van der Waals surface area (Å²) in [5.74, 6) is 0.549. The van der Waals surface area contributed by atoms with Gasteiger partial charge in [0.15, 0.2) is 0 Å². The summed E-state index contributed by atoms with van der Waals surface area (Å²) in [6.45, 7) is 2.88. The van der Waals surface area contributed by atoms with Gasteiger partial charge in [-0.3, -0.25) is 4.79 Å². The molecule has 0 aliphatic carbocycles. The van der Waals surface area contributed by atoms with Crippen LogP contribution in [0.1, 0.15) is 36.0 Å². The van der Waals surface area contributed by atoms with Crippen LogP contribution in [0.5, 0.6) is 5.75 Å². The molecule has 2 heterocycles. The van der Waals surface area contributed by atoms with Gasteiger partial charge in [-0.2, -0.15) is 0 Å². The van der Waals surface area contributed by atoms with Gasteiger partial charge in [0.2, 0.25) is 15.9 Å². The molecule has 6 nitrogen and oxygen atoms in total. The van der Waals surface area contributed by atoms with E-state index in [9.17, 15) is 13.2 Å². The van der Waals surface area contributed by atoms with Crippen molar-refractivity contribution in [2.45, 2.75) is 37.0 Å². The van der Waals surface area contributed by atoms with Gasteiger partial charge in [0.05, 0.1) is 23.6 Å². The molecule has 2 aromatic carbocycles. The Bertz CT molecular complexity index is 1020. The number of aryl methyl sites for hydroxylation is 1. The van der Waals surface area contributed by atoms with Crippen molar-refractivity contribution in [2.75, 3.05) is 25.1 Å². The Balaban J connectivity index is 1.52. The normalized spacial score (nSPS) is 18.3. The molecule has 148 valence electrons. The lowest BCUT2D eigenvalue weighted by molar-refractivity contribution is -0.119. The van der Waals surface area contributed by atoms with Gasteiger partial charge in [0.1, 0.15) is 5.75 Å². The van der Waals surface area contributed by atoms with E-state index in [1.54, 1.807) is 19.2 Å². The molecule has 0 spiro atoms. The van der Waals surface area contributed by atoms with E-state index in [2.05, 4.69) is 4.72 Å². The number of ether oxygens (including phenoxy) is 1. The van der Waals surface area contributed by atoms with Crippen molar-refractivity contribution in [1.29, 1.82) is 0 Å². The van der Waals surface area contributed by atoms with Crippen LogP contribution in [0.15, 0.2) is 41.3 Å². The molecule has 0 fully saturated rings. The number of carbonyl (C=O) groups is 1. The molecular formula is C21H24N2O4S. The SMILES string of the molecule is COc1ccc(CCNS(=O)(=O)c2cc3c4c(c2)[C@H](C)C(=O)N4CCC3)cc1. The number of anilines is 1. The van der Waals surface area contributed by atoms with Crippen LogP contribution in [0.2, 0.25) is 0 Å². The highest BCUT2D eigenvalue weighted by molar-refractivity contribution is 7.89. The number of hydrogen-bond acceptors (Lipinski definition) is 4. The highest BCUT2D eigenvalue weighted by Gasteiger charge is 2.38. The number of amides is 1. The molecule has 0 saturated heterocycles. The average molecular weight is 401 g/mol. The first-order chi connectivity index (χ1) is 13.4. The van der Waals surface area contributed by atoms with Crippen molar-refractivity contribution in [3.63, 3.8) is 0 Å². The molecule has 2 aliphatic heterocycles. The number of sulfonamides is 1. The number of nitrogens with zero attached hydrogens (tertiary/aromatic N) is 1. The molecule has 2 aromatic rings. The molecule has 0 unspecified atom stereocenters. The van der Waals surface area contributed by atoms with Crippen LogP contribution in [0.25, 0.3) is 0 Å². The summed E-state index contributed by atoms with van der Waals surface area (Å²) in [6, 6.07) is 11.0. The van der Waals surface area contributed by atoms with E-state index in [1.165, 1.54) is 0 Å². The van der Waals surface area contributed by atoms with Crippen LogP contribution in [-0.4, -0.2) is 34.5 Å². The summed E-state index contributed by atoms with van der Waals surface area (Å²) < 4.78 is 33.5. The zero-order valence-electron chi connectivity index (χ0n) is 16.1. The summed E-state index contributed by atoms with van der Waals surface area (Å²) in [4.78, 5) is 14.5. The Kier molecular flexibility index (Phi) is 4.89. The number of hydrogen-bond donors (Lipinski definition) is 1. The summed E-state index contributed by atoms with van der Waals surface area (Å²) in [7, 11) is -2.02. The highest BCUT2D eigenvalue weighted by atomic mass is 32.2. The molecule has 0 saturated carbocycles. The lowest BCUT2D eigenvalue weighted by Gasteiger charge is -2.26. The van der Waals surface area contributed by atoms with Crippen molar-refractivity contribution >= 4 is 21.6 Å². The molecule has 28 heavy (non-hydrogen) atoms. The second kappa shape index (κ2) is 7.22. The zero-order chi connectivity index (χ0) is 19.9. The first-order valence-corrected chi connectivity index (χ1v) is 11.0. The van der Waals surface area contributed by atoms with Gasteiger partial charge in [-0.25, -0.2) is 13.1 Å². The minimum absolute atomic E-state index is 0.0676. The van der Waals surface area contributed by atoms with Gasteiger partial charge in [-0.15, -0.1) is 0 Å². The third-order valence-electron chi connectivity index (χ3n) is 5.57. The second-order valence-corrected chi connectivity index (χ2v) is 9.10. The molecule has 2 aliphatic rings. The van der Waals surface area contributed by atoms with E-state index in [1.807, 2.05) is 36.1 Å². The lowest BCUT2D eigenvalue weighted by Crippen LogP contribution is -2.32. The zero-order valence-corrected chi connectivity index (χ0v) is 16.9. The van der Waals surface area contributed by atoms with E-state index in [-0.39, 0.29) is 16.7 Å². The third-order valence-corrected chi connectivity index (χ3v) is 7.01. The maximum Gasteiger partial charge on any atom is 0.240 e. The van der Waals surface area contributed by atoms with E-state index < -0.39 is 10.0 Å². The number of carbonyl (C=O) groups excluding carboxylic acids is 1. The summed E-state index contributed by atoms with van der Waals surface area (Å²) in [6.07, 6.45) is 2.25. The van der Waals surface area contributed by atoms with Crippen molar-refractivity contribution < 1.29 is 17.9 Å². The smallest absolute Gasteiger partial charge is 0.240 e. The van der Waals surface area contributed by atoms with E-state index in [4.69, 9.17) is 4.74 Å². The number of rotatable bonds is 6. The quantitative estimate of drug-likeness (QED) is 0.809. The fraction of sp³-hybridized carbons (Fsp3) is 0.381. The monoisotopic (exact) mass is 400 g/mol. The van der Waals surface area contributed by atoms with Gasteiger partial charge in [0, 0.05) is 13.1 Å². The van der Waals surface area contributed by atoms with E-state index in [0.717, 1.165) is 47.5 Å². The number of nitrogens with one attached hydrogen (secondary N) is 1. The Morgan fingerprint density at radius 1 is 1.21 bits per heavy atom. The fourth-order valence-corrected chi connectivity index (χ4v) is 5.14. The molecule has 0 radical (unpaired) electrons. The van der Waals surface area contributed by atoms with Crippen molar-refractivity contribution in [1.82, 2.24) is 4.72 Å². The topological polar surface area (TPSA) is 75.7 Å². The number of benzene rings is 2.